The van der Waals surface area contributed by atoms with Crippen molar-refractivity contribution in [3.63, 3.8) is 0 Å². The zero-order chi connectivity index (χ0) is 8.27. The third kappa shape index (κ3) is 2.75. The largest absolute Gasteiger partial charge is 1.00 e. The molecule has 1 heterocycles. The number of carbonyl (C=O) groups is 1. The van der Waals surface area contributed by atoms with Crippen LogP contribution in [0.25, 0.3) is 6.20 Å². The van der Waals surface area contributed by atoms with E-state index in [0.29, 0.717) is 0 Å². The van der Waals surface area contributed by atoms with Crippen LogP contribution in [0.4, 0.5) is 0 Å². The number of halogens is 1. The lowest BCUT2D eigenvalue weighted by atomic mass is 10.6. The van der Waals surface area contributed by atoms with Crippen molar-refractivity contribution in [2.45, 2.75) is 6.54 Å². The lowest BCUT2D eigenvalue weighted by Crippen LogP contribution is -3.00. The summed E-state index contributed by atoms with van der Waals surface area (Å²) in [4.78, 5) is 10.2. The van der Waals surface area contributed by atoms with E-state index in [0.717, 1.165) is 0 Å². The van der Waals surface area contributed by atoms with E-state index in [1.807, 2.05) is 0 Å². The Labute approximate surface area is 76.2 Å². The van der Waals surface area contributed by atoms with Gasteiger partial charge >= 0.3 is 5.97 Å². The molecule has 1 rings (SSSR count). The molecule has 0 aromatic carbocycles. The first kappa shape index (κ1) is 10.7. The van der Waals surface area contributed by atoms with Crippen molar-refractivity contribution in [3.05, 3.63) is 25.3 Å². The van der Waals surface area contributed by atoms with Crippen LogP contribution >= 0.6 is 0 Å². The summed E-state index contributed by atoms with van der Waals surface area (Å²) in [5, 5.41) is 8.39. The van der Waals surface area contributed by atoms with Crippen molar-refractivity contribution in [3.8, 4) is 0 Å². The Bertz CT molecular complexity index is 283. The molecule has 1 N–H and O–H groups in total. The summed E-state index contributed by atoms with van der Waals surface area (Å²) in [6.07, 6.45) is 6.66. The van der Waals surface area contributed by atoms with Crippen LogP contribution in [0, 0.1) is 0 Å². The van der Waals surface area contributed by atoms with Gasteiger partial charge < -0.3 is 17.5 Å². The Morgan fingerprint density at radius 1 is 1.75 bits per heavy atom. The van der Waals surface area contributed by atoms with E-state index in [1.165, 1.54) is 0 Å². The number of imidazole rings is 1. The quantitative estimate of drug-likeness (QED) is 0.513. The van der Waals surface area contributed by atoms with Crippen LogP contribution in [0.3, 0.4) is 0 Å². The van der Waals surface area contributed by atoms with E-state index >= 15 is 0 Å². The fourth-order valence-corrected chi connectivity index (χ4v) is 0.769. The first-order chi connectivity index (χ1) is 5.22. The third-order valence-corrected chi connectivity index (χ3v) is 1.24. The van der Waals surface area contributed by atoms with Gasteiger partial charge in [0.25, 0.3) is 0 Å². The fourth-order valence-electron chi connectivity index (χ4n) is 0.769. The molecule has 0 saturated carbocycles. The van der Waals surface area contributed by atoms with Gasteiger partial charge in [-0.1, -0.05) is 6.58 Å². The number of rotatable bonds is 3. The normalized spacial score (nSPS) is 8.67. The highest BCUT2D eigenvalue weighted by Crippen LogP contribution is 1.83. The van der Waals surface area contributed by atoms with E-state index < -0.39 is 5.97 Å². The fraction of sp³-hybridized carbons (Fsp3) is 0.143. The number of nitrogens with zero attached hydrogens (tertiary/aromatic N) is 2. The number of hydrogen-bond donors (Lipinski definition) is 1. The van der Waals surface area contributed by atoms with Crippen LogP contribution in [-0.2, 0) is 11.3 Å². The number of carboxylic acid groups (broad SMARTS) is 1. The molecule has 1 aromatic heterocycles. The molecule has 1 aromatic rings. The topological polar surface area (TPSA) is 46.1 Å². The molecule has 0 atom stereocenters. The molecule has 4 nitrogen and oxygen atoms in total. The molecule has 12 heavy (non-hydrogen) atoms. The molecule has 0 saturated heterocycles. The van der Waals surface area contributed by atoms with Gasteiger partial charge in [0.15, 0.2) is 6.54 Å². The molecule has 0 amide bonds. The molecular formula is C7H9ClN2O2. The van der Waals surface area contributed by atoms with Gasteiger partial charge in [0, 0.05) is 0 Å². The van der Waals surface area contributed by atoms with Gasteiger partial charge in [-0.3, -0.25) is 0 Å². The predicted octanol–water partition coefficient (Wildman–Crippen LogP) is -3.04. The molecule has 0 radical (unpaired) electrons. The minimum Gasteiger partial charge on any atom is -1.00 e. The monoisotopic (exact) mass is 188 g/mol. The van der Waals surface area contributed by atoms with Gasteiger partial charge in [-0.05, 0) is 0 Å². The van der Waals surface area contributed by atoms with Gasteiger partial charge in [-0.2, -0.15) is 0 Å². The van der Waals surface area contributed by atoms with Crippen molar-refractivity contribution in [1.82, 2.24) is 4.57 Å². The molecule has 0 aliphatic carbocycles. The summed E-state index contributed by atoms with van der Waals surface area (Å²) in [6.45, 7) is 3.51. The van der Waals surface area contributed by atoms with E-state index in [2.05, 4.69) is 6.58 Å². The Morgan fingerprint density at radius 3 is 2.83 bits per heavy atom. The second kappa shape index (κ2) is 4.56. The minimum atomic E-state index is -0.850. The molecule has 0 unspecified atom stereocenters. The smallest absolute Gasteiger partial charge is 0.346 e. The Balaban J connectivity index is 0.00000121. The van der Waals surface area contributed by atoms with Gasteiger partial charge in [0.1, 0.15) is 12.4 Å². The zero-order valence-electron chi connectivity index (χ0n) is 6.35. The average molecular weight is 189 g/mol. The van der Waals surface area contributed by atoms with Crippen LogP contribution in [0.1, 0.15) is 0 Å². The second-order valence-electron chi connectivity index (χ2n) is 2.11. The number of carboxylic acids is 1. The lowest BCUT2D eigenvalue weighted by Gasteiger charge is -1.86. The van der Waals surface area contributed by atoms with Crippen molar-refractivity contribution >= 4 is 12.2 Å². The molecule has 0 fully saturated rings. The summed E-state index contributed by atoms with van der Waals surface area (Å²) < 4.78 is 3.24. The van der Waals surface area contributed by atoms with Crippen LogP contribution < -0.4 is 17.0 Å². The van der Waals surface area contributed by atoms with Crippen molar-refractivity contribution in [2.24, 2.45) is 0 Å². The molecule has 5 heteroatoms. The molecule has 0 aliphatic heterocycles. The van der Waals surface area contributed by atoms with Crippen molar-refractivity contribution < 1.29 is 26.9 Å². The minimum absolute atomic E-state index is 0. The summed E-state index contributed by atoms with van der Waals surface area (Å²) in [7, 11) is 0. The summed E-state index contributed by atoms with van der Waals surface area (Å²) in [5.74, 6) is -0.850. The standard InChI is InChI=1S/C7H8N2O2.ClH/c1-2-8-3-4-9(6-8)5-7(10)11;/h2-4,6H,1,5H2;1H. The average Bonchev–Trinajstić information content (AvgIpc) is 2.34. The van der Waals surface area contributed by atoms with E-state index in [4.69, 9.17) is 5.11 Å². The van der Waals surface area contributed by atoms with Crippen LogP contribution in [0.15, 0.2) is 25.3 Å². The van der Waals surface area contributed by atoms with Crippen LogP contribution in [0.2, 0.25) is 0 Å². The van der Waals surface area contributed by atoms with Gasteiger partial charge in [0.05, 0.1) is 6.20 Å². The van der Waals surface area contributed by atoms with Crippen LogP contribution in [-0.4, -0.2) is 15.6 Å². The highest BCUT2D eigenvalue weighted by Gasteiger charge is 2.04. The van der Waals surface area contributed by atoms with E-state index in [1.54, 1.807) is 34.1 Å². The lowest BCUT2D eigenvalue weighted by molar-refractivity contribution is -0.567. The second-order valence-corrected chi connectivity index (χ2v) is 2.11. The zero-order valence-corrected chi connectivity index (χ0v) is 7.11. The molecule has 66 valence electrons. The number of aliphatic carboxylic acids is 1. The molecule has 0 aliphatic rings. The van der Waals surface area contributed by atoms with E-state index in [-0.39, 0.29) is 19.0 Å². The van der Waals surface area contributed by atoms with Crippen molar-refractivity contribution in [1.29, 1.82) is 0 Å². The highest BCUT2D eigenvalue weighted by molar-refractivity contribution is 5.66. The predicted molar refractivity (Wildman–Crippen MR) is 38.6 cm³/mol. The van der Waals surface area contributed by atoms with Gasteiger partial charge in [-0.15, -0.1) is 0 Å². The molecular weight excluding hydrogens is 180 g/mol. The van der Waals surface area contributed by atoms with Crippen molar-refractivity contribution in [2.75, 3.05) is 0 Å². The Morgan fingerprint density at radius 2 is 2.42 bits per heavy atom. The maximum absolute atomic E-state index is 10.2. The maximum Gasteiger partial charge on any atom is 0.346 e. The Kier molecular flexibility index (Phi) is 4.07. The SMILES string of the molecule is C=C[n+]1ccn(CC(=O)O)c1.[Cl-]. The summed E-state index contributed by atoms with van der Waals surface area (Å²) in [5.41, 5.74) is 0. The third-order valence-electron chi connectivity index (χ3n) is 1.24. The van der Waals surface area contributed by atoms with Crippen LogP contribution in [0.5, 0.6) is 0 Å². The molecule has 0 bridgehead atoms. The number of hydrogen-bond acceptors (Lipinski definition) is 1. The van der Waals surface area contributed by atoms with Gasteiger partial charge in [-0.25, -0.2) is 13.9 Å². The first-order valence-corrected chi connectivity index (χ1v) is 3.13. The Hall–Kier alpha value is -1.29. The summed E-state index contributed by atoms with van der Waals surface area (Å²) in [6, 6.07) is 0. The van der Waals surface area contributed by atoms with E-state index in [9.17, 15) is 4.79 Å². The van der Waals surface area contributed by atoms with Gasteiger partial charge in [0.2, 0.25) is 6.33 Å². The first-order valence-electron chi connectivity index (χ1n) is 3.13. The maximum atomic E-state index is 10.2. The summed E-state index contributed by atoms with van der Waals surface area (Å²) >= 11 is 0. The molecule has 0 spiro atoms. The highest BCUT2D eigenvalue weighted by atomic mass is 35.5. The number of aromatic nitrogens is 2.